The molecule has 6 heteroatoms. The molecule has 3 N–H and O–H groups in total. The summed E-state index contributed by atoms with van der Waals surface area (Å²) in [4.78, 5) is 3.43. The van der Waals surface area contributed by atoms with E-state index in [0.717, 1.165) is 12.2 Å². The average molecular weight is 324 g/mol. The predicted molar refractivity (Wildman–Crippen MR) is 89.6 cm³/mol. The van der Waals surface area contributed by atoms with Crippen LogP contribution in [-0.2, 0) is 6.54 Å². The first-order valence-corrected chi connectivity index (χ1v) is 7.85. The Morgan fingerprint density at radius 3 is 2.76 bits per heavy atom. The Morgan fingerprint density at radius 2 is 2.19 bits per heavy atom. The summed E-state index contributed by atoms with van der Waals surface area (Å²) in [6, 6.07) is 9.73. The first-order valence-electron chi connectivity index (χ1n) is 6.59. The number of halogens is 1. The highest BCUT2D eigenvalue weighted by atomic mass is 35.5. The molecule has 0 radical (unpaired) electrons. The summed E-state index contributed by atoms with van der Waals surface area (Å²) >= 11 is 7.83. The predicted octanol–water partition coefficient (Wildman–Crippen LogP) is 3.91. The number of nitrogens with zero attached hydrogens (tertiary/aromatic N) is 2. The van der Waals surface area contributed by atoms with Crippen LogP contribution < -0.4 is 10.6 Å². The van der Waals surface area contributed by atoms with E-state index in [1.54, 1.807) is 23.5 Å². The smallest absolute Gasteiger partial charge is 0.172 e. The summed E-state index contributed by atoms with van der Waals surface area (Å²) in [5, 5.41) is 14.8. The SMILES string of the molecule is CC(C)N(Cc1cccs1)c1cc(Cl)ccc1C(N)=NO. The van der Waals surface area contributed by atoms with Crippen LogP contribution in [0.25, 0.3) is 0 Å². The maximum absolute atomic E-state index is 8.97. The molecule has 2 aromatic rings. The zero-order valence-corrected chi connectivity index (χ0v) is 13.5. The molecule has 0 saturated heterocycles. The van der Waals surface area contributed by atoms with Gasteiger partial charge in [-0.25, -0.2) is 0 Å². The van der Waals surface area contributed by atoms with Gasteiger partial charge in [0, 0.05) is 27.2 Å². The average Bonchev–Trinajstić information content (AvgIpc) is 2.96. The second kappa shape index (κ2) is 6.83. The normalized spacial score (nSPS) is 11.9. The summed E-state index contributed by atoms with van der Waals surface area (Å²) in [5.74, 6) is 0.0819. The Balaban J connectivity index is 2.46. The fourth-order valence-electron chi connectivity index (χ4n) is 2.13. The van der Waals surface area contributed by atoms with E-state index in [1.165, 1.54) is 4.88 Å². The molecule has 1 aromatic heterocycles. The summed E-state index contributed by atoms with van der Waals surface area (Å²) in [7, 11) is 0. The fourth-order valence-corrected chi connectivity index (χ4v) is 3.00. The van der Waals surface area contributed by atoms with Crippen LogP contribution in [0, 0.1) is 0 Å². The highest BCUT2D eigenvalue weighted by molar-refractivity contribution is 7.09. The first kappa shape index (κ1) is 15.7. The van der Waals surface area contributed by atoms with E-state index in [-0.39, 0.29) is 11.9 Å². The van der Waals surface area contributed by atoms with Crippen LogP contribution >= 0.6 is 22.9 Å². The van der Waals surface area contributed by atoms with Gasteiger partial charge in [0.25, 0.3) is 0 Å². The van der Waals surface area contributed by atoms with Gasteiger partial charge in [0.15, 0.2) is 5.84 Å². The van der Waals surface area contributed by atoms with Crippen molar-refractivity contribution in [2.45, 2.75) is 26.4 Å². The molecular weight excluding hydrogens is 306 g/mol. The van der Waals surface area contributed by atoms with Gasteiger partial charge < -0.3 is 15.8 Å². The van der Waals surface area contributed by atoms with Gasteiger partial charge in [0.1, 0.15) is 0 Å². The first-order chi connectivity index (χ1) is 10.0. The molecule has 0 aliphatic carbocycles. The summed E-state index contributed by atoms with van der Waals surface area (Å²) < 4.78 is 0. The number of nitrogens with two attached hydrogens (primary N) is 1. The highest BCUT2D eigenvalue weighted by Gasteiger charge is 2.18. The molecule has 0 aliphatic rings. The minimum Gasteiger partial charge on any atom is -0.409 e. The number of benzene rings is 1. The molecule has 0 unspecified atom stereocenters. The van der Waals surface area contributed by atoms with E-state index >= 15 is 0 Å². The molecule has 0 spiro atoms. The Labute approximate surface area is 133 Å². The van der Waals surface area contributed by atoms with Crippen molar-refractivity contribution in [2.24, 2.45) is 10.9 Å². The zero-order valence-electron chi connectivity index (χ0n) is 12.0. The van der Waals surface area contributed by atoms with E-state index in [4.69, 9.17) is 22.5 Å². The van der Waals surface area contributed by atoms with Gasteiger partial charge in [-0.05, 0) is 43.5 Å². The quantitative estimate of drug-likeness (QED) is 0.379. The Kier molecular flexibility index (Phi) is 5.09. The van der Waals surface area contributed by atoms with Crippen molar-refractivity contribution in [3.05, 3.63) is 51.2 Å². The molecule has 0 aliphatic heterocycles. The third-order valence-corrected chi connectivity index (χ3v) is 4.28. The maximum atomic E-state index is 8.97. The van der Waals surface area contributed by atoms with Gasteiger partial charge in [-0.1, -0.05) is 22.8 Å². The van der Waals surface area contributed by atoms with Crippen LogP contribution in [0.15, 0.2) is 40.9 Å². The van der Waals surface area contributed by atoms with Crippen molar-refractivity contribution in [1.29, 1.82) is 0 Å². The summed E-state index contributed by atoms with van der Waals surface area (Å²) in [6.07, 6.45) is 0. The maximum Gasteiger partial charge on any atom is 0.172 e. The van der Waals surface area contributed by atoms with E-state index < -0.39 is 0 Å². The molecule has 4 nitrogen and oxygen atoms in total. The second-order valence-electron chi connectivity index (χ2n) is 4.95. The van der Waals surface area contributed by atoms with Gasteiger partial charge in [0.05, 0.1) is 6.54 Å². The highest BCUT2D eigenvalue weighted by Crippen LogP contribution is 2.29. The number of anilines is 1. The van der Waals surface area contributed by atoms with Crippen molar-refractivity contribution < 1.29 is 5.21 Å². The Hall–Kier alpha value is -1.72. The van der Waals surface area contributed by atoms with Gasteiger partial charge in [0.2, 0.25) is 0 Å². The van der Waals surface area contributed by atoms with Crippen LogP contribution in [0.3, 0.4) is 0 Å². The molecular formula is C15H18ClN3OS. The van der Waals surface area contributed by atoms with Gasteiger partial charge >= 0.3 is 0 Å². The van der Waals surface area contributed by atoms with E-state index in [0.29, 0.717) is 10.6 Å². The molecule has 0 atom stereocenters. The van der Waals surface area contributed by atoms with Crippen LogP contribution in [-0.4, -0.2) is 17.1 Å². The number of oxime groups is 1. The largest absolute Gasteiger partial charge is 0.409 e. The lowest BCUT2D eigenvalue weighted by Gasteiger charge is -2.30. The number of hydrogen-bond donors (Lipinski definition) is 2. The van der Waals surface area contributed by atoms with E-state index in [9.17, 15) is 0 Å². The van der Waals surface area contributed by atoms with E-state index in [1.807, 2.05) is 12.1 Å². The molecule has 0 saturated carbocycles. The van der Waals surface area contributed by atoms with Crippen LogP contribution in [0.4, 0.5) is 5.69 Å². The Bertz CT molecular complexity index is 626. The lowest BCUT2D eigenvalue weighted by molar-refractivity contribution is 0.318. The van der Waals surface area contributed by atoms with Crippen molar-refractivity contribution in [3.63, 3.8) is 0 Å². The van der Waals surface area contributed by atoms with Gasteiger partial charge in [-0.2, -0.15) is 0 Å². The van der Waals surface area contributed by atoms with Gasteiger partial charge in [-0.3, -0.25) is 0 Å². The van der Waals surface area contributed by atoms with Crippen molar-refractivity contribution in [3.8, 4) is 0 Å². The monoisotopic (exact) mass is 323 g/mol. The molecule has 0 fully saturated rings. The molecule has 0 amide bonds. The number of thiophene rings is 1. The lowest BCUT2D eigenvalue weighted by atomic mass is 10.1. The minimum absolute atomic E-state index is 0.0819. The standard InChI is InChI=1S/C15H18ClN3OS/c1-10(2)19(9-12-4-3-7-21-12)14-8-11(16)5-6-13(14)15(17)18-20/h3-8,10,20H,9H2,1-2H3,(H2,17,18). The molecule has 1 aromatic carbocycles. The topological polar surface area (TPSA) is 61.8 Å². The van der Waals surface area contributed by atoms with Crippen molar-refractivity contribution >= 4 is 34.5 Å². The Morgan fingerprint density at radius 1 is 1.43 bits per heavy atom. The van der Waals surface area contributed by atoms with Crippen LogP contribution in [0.5, 0.6) is 0 Å². The molecule has 2 rings (SSSR count). The summed E-state index contributed by atoms with van der Waals surface area (Å²) in [5.41, 5.74) is 7.32. The number of hydrogen-bond acceptors (Lipinski definition) is 4. The van der Waals surface area contributed by atoms with Crippen molar-refractivity contribution in [1.82, 2.24) is 0 Å². The lowest BCUT2D eigenvalue weighted by Crippen LogP contribution is -2.32. The number of amidine groups is 1. The number of rotatable bonds is 5. The van der Waals surface area contributed by atoms with E-state index in [2.05, 4.69) is 35.3 Å². The third-order valence-electron chi connectivity index (χ3n) is 3.18. The van der Waals surface area contributed by atoms with Crippen LogP contribution in [0.1, 0.15) is 24.3 Å². The van der Waals surface area contributed by atoms with Crippen molar-refractivity contribution in [2.75, 3.05) is 4.90 Å². The molecule has 0 bridgehead atoms. The third kappa shape index (κ3) is 3.68. The molecule has 21 heavy (non-hydrogen) atoms. The summed E-state index contributed by atoms with van der Waals surface area (Å²) in [6.45, 7) is 4.95. The molecule has 112 valence electrons. The van der Waals surface area contributed by atoms with Crippen LogP contribution in [0.2, 0.25) is 5.02 Å². The van der Waals surface area contributed by atoms with Gasteiger partial charge in [-0.15, -0.1) is 11.3 Å². The fraction of sp³-hybridized carbons (Fsp3) is 0.267. The molecule has 1 heterocycles. The second-order valence-corrected chi connectivity index (χ2v) is 6.42. The zero-order chi connectivity index (χ0) is 15.4. The minimum atomic E-state index is 0.0819.